The van der Waals surface area contributed by atoms with E-state index in [2.05, 4.69) is 18.3 Å². The van der Waals surface area contributed by atoms with Crippen LogP contribution in [0.25, 0.3) is 0 Å². The average molecular weight is 292 g/mol. The first-order valence-electron chi connectivity index (χ1n) is 7.62. The Morgan fingerprint density at radius 1 is 1.38 bits per heavy atom. The molecule has 0 saturated carbocycles. The zero-order valence-corrected chi connectivity index (χ0v) is 13.2. The standard InChI is InChI=1S/C17H25FN2O/c1-4-10-20-17(5-2,13-19)9-6-11-21-16-12-14(3)7-8-15(16)18/h7-8,12,20H,4-6,9-11H2,1-3H3. The second kappa shape index (κ2) is 8.63. The lowest BCUT2D eigenvalue weighted by Crippen LogP contribution is -2.44. The third-order valence-corrected chi connectivity index (χ3v) is 3.62. The monoisotopic (exact) mass is 292 g/mol. The molecule has 0 aliphatic rings. The number of nitriles is 1. The predicted molar refractivity (Wildman–Crippen MR) is 82.8 cm³/mol. The molecule has 116 valence electrons. The van der Waals surface area contributed by atoms with Crippen LogP contribution in [0.2, 0.25) is 0 Å². The lowest BCUT2D eigenvalue weighted by atomic mass is 9.92. The minimum Gasteiger partial charge on any atom is -0.491 e. The summed E-state index contributed by atoms with van der Waals surface area (Å²) in [5.74, 6) is -0.0534. The number of ether oxygens (including phenoxy) is 1. The van der Waals surface area contributed by atoms with Gasteiger partial charge in [0.05, 0.1) is 12.7 Å². The fourth-order valence-corrected chi connectivity index (χ4v) is 2.21. The SMILES string of the molecule is CCCNC(C#N)(CC)CCCOc1cc(C)ccc1F. The zero-order chi connectivity index (χ0) is 15.7. The van der Waals surface area contributed by atoms with Crippen LogP contribution < -0.4 is 10.1 Å². The van der Waals surface area contributed by atoms with Crippen LogP contribution in [0, 0.1) is 24.1 Å². The lowest BCUT2D eigenvalue weighted by Gasteiger charge is -2.26. The van der Waals surface area contributed by atoms with Crippen molar-refractivity contribution >= 4 is 0 Å². The second-order valence-electron chi connectivity index (χ2n) is 5.36. The Balaban J connectivity index is 2.48. The number of hydrogen-bond donors (Lipinski definition) is 1. The highest BCUT2D eigenvalue weighted by molar-refractivity contribution is 5.29. The summed E-state index contributed by atoms with van der Waals surface area (Å²) >= 11 is 0. The molecule has 0 spiro atoms. The highest BCUT2D eigenvalue weighted by Crippen LogP contribution is 2.20. The Hall–Kier alpha value is -1.60. The highest BCUT2D eigenvalue weighted by Gasteiger charge is 2.26. The number of hydrogen-bond acceptors (Lipinski definition) is 3. The topological polar surface area (TPSA) is 45.0 Å². The number of rotatable bonds is 9. The molecule has 0 heterocycles. The van der Waals surface area contributed by atoms with Gasteiger partial charge in [-0.25, -0.2) is 4.39 Å². The molecule has 1 unspecified atom stereocenters. The van der Waals surface area contributed by atoms with Gasteiger partial charge in [0.2, 0.25) is 0 Å². The fourth-order valence-electron chi connectivity index (χ4n) is 2.21. The number of aryl methyl sites for hydroxylation is 1. The normalized spacial score (nSPS) is 13.5. The van der Waals surface area contributed by atoms with Crippen molar-refractivity contribution in [1.29, 1.82) is 5.26 Å². The van der Waals surface area contributed by atoms with E-state index in [1.807, 2.05) is 13.8 Å². The van der Waals surface area contributed by atoms with Gasteiger partial charge in [0.1, 0.15) is 5.54 Å². The second-order valence-corrected chi connectivity index (χ2v) is 5.36. The lowest BCUT2D eigenvalue weighted by molar-refractivity contribution is 0.266. The third-order valence-electron chi connectivity index (χ3n) is 3.62. The fraction of sp³-hybridized carbons (Fsp3) is 0.588. The van der Waals surface area contributed by atoms with Gasteiger partial charge in [0.25, 0.3) is 0 Å². The van der Waals surface area contributed by atoms with E-state index in [-0.39, 0.29) is 11.6 Å². The molecule has 1 aromatic carbocycles. The molecule has 0 aliphatic heterocycles. The molecule has 0 bridgehead atoms. The summed E-state index contributed by atoms with van der Waals surface area (Å²) in [7, 11) is 0. The van der Waals surface area contributed by atoms with Crippen molar-refractivity contribution in [2.45, 2.75) is 52.0 Å². The van der Waals surface area contributed by atoms with E-state index >= 15 is 0 Å². The van der Waals surface area contributed by atoms with Crippen LogP contribution in [0.1, 0.15) is 45.1 Å². The van der Waals surface area contributed by atoms with Crippen LogP contribution in [0.5, 0.6) is 5.75 Å². The van der Waals surface area contributed by atoms with E-state index in [1.165, 1.54) is 6.07 Å². The van der Waals surface area contributed by atoms with E-state index in [1.54, 1.807) is 12.1 Å². The molecule has 0 fully saturated rings. The average Bonchev–Trinajstić information content (AvgIpc) is 2.50. The minimum absolute atomic E-state index is 0.288. The first-order chi connectivity index (χ1) is 10.1. The van der Waals surface area contributed by atoms with E-state index in [0.717, 1.165) is 24.9 Å². The van der Waals surface area contributed by atoms with Gasteiger partial charge < -0.3 is 4.74 Å². The Morgan fingerprint density at radius 2 is 2.14 bits per heavy atom. The molecule has 1 aromatic rings. The van der Waals surface area contributed by atoms with Crippen LogP contribution in [0.4, 0.5) is 4.39 Å². The summed E-state index contributed by atoms with van der Waals surface area (Å²) in [5.41, 5.74) is 0.473. The van der Waals surface area contributed by atoms with E-state index in [4.69, 9.17) is 4.74 Å². The molecule has 1 rings (SSSR count). The zero-order valence-electron chi connectivity index (χ0n) is 13.2. The summed E-state index contributed by atoms with van der Waals surface area (Å²) < 4.78 is 19.0. The molecule has 4 heteroatoms. The van der Waals surface area contributed by atoms with Gasteiger partial charge >= 0.3 is 0 Å². The molecule has 0 radical (unpaired) electrons. The van der Waals surface area contributed by atoms with Gasteiger partial charge in [-0.2, -0.15) is 5.26 Å². The molecule has 0 aliphatic carbocycles. The number of benzene rings is 1. The molecule has 0 aromatic heterocycles. The van der Waals surface area contributed by atoms with Crippen LogP contribution in [0.15, 0.2) is 18.2 Å². The minimum atomic E-state index is -0.496. The quantitative estimate of drug-likeness (QED) is 0.701. The molecule has 0 saturated heterocycles. The number of nitrogens with zero attached hydrogens (tertiary/aromatic N) is 1. The largest absolute Gasteiger partial charge is 0.491 e. The Bertz CT molecular complexity index is 484. The molecule has 1 atom stereocenters. The van der Waals surface area contributed by atoms with Gasteiger partial charge in [-0.3, -0.25) is 5.32 Å². The third kappa shape index (κ3) is 5.35. The van der Waals surface area contributed by atoms with E-state index in [0.29, 0.717) is 19.4 Å². The molecule has 21 heavy (non-hydrogen) atoms. The molecule has 1 N–H and O–H groups in total. The number of halogens is 1. The van der Waals surface area contributed by atoms with Crippen molar-refractivity contribution in [3.63, 3.8) is 0 Å². The van der Waals surface area contributed by atoms with Gasteiger partial charge in [-0.1, -0.05) is 19.9 Å². The van der Waals surface area contributed by atoms with Gasteiger partial charge in [0, 0.05) is 0 Å². The van der Waals surface area contributed by atoms with E-state index < -0.39 is 5.54 Å². The smallest absolute Gasteiger partial charge is 0.165 e. The van der Waals surface area contributed by atoms with Crippen molar-refractivity contribution in [2.24, 2.45) is 0 Å². The first-order valence-corrected chi connectivity index (χ1v) is 7.62. The maximum absolute atomic E-state index is 13.5. The predicted octanol–water partition coefficient (Wildman–Crippen LogP) is 3.97. The van der Waals surface area contributed by atoms with Crippen LogP contribution >= 0.6 is 0 Å². The number of nitrogens with one attached hydrogen (secondary N) is 1. The van der Waals surface area contributed by atoms with E-state index in [9.17, 15) is 9.65 Å². The molecular formula is C17H25FN2O. The maximum atomic E-state index is 13.5. The van der Waals surface area contributed by atoms with Gasteiger partial charge in [0.15, 0.2) is 11.6 Å². The Labute approximate surface area is 127 Å². The van der Waals surface area contributed by atoms with Gasteiger partial charge in [-0.15, -0.1) is 0 Å². The van der Waals surface area contributed by atoms with Crippen LogP contribution in [-0.2, 0) is 0 Å². The van der Waals surface area contributed by atoms with Crippen molar-refractivity contribution < 1.29 is 9.13 Å². The molecule has 0 amide bonds. The highest BCUT2D eigenvalue weighted by atomic mass is 19.1. The van der Waals surface area contributed by atoms with Crippen molar-refractivity contribution in [1.82, 2.24) is 5.32 Å². The van der Waals surface area contributed by atoms with Crippen molar-refractivity contribution in [3.05, 3.63) is 29.6 Å². The van der Waals surface area contributed by atoms with Crippen LogP contribution in [-0.4, -0.2) is 18.7 Å². The molecule has 3 nitrogen and oxygen atoms in total. The van der Waals surface area contributed by atoms with Crippen molar-refractivity contribution in [2.75, 3.05) is 13.2 Å². The maximum Gasteiger partial charge on any atom is 0.165 e. The summed E-state index contributed by atoms with van der Waals surface area (Å²) in [5, 5.41) is 12.7. The van der Waals surface area contributed by atoms with Gasteiger partial charge in [-0.05, 0) is 56.8 Å². The van der Waals surface area contributed by atoms with Crippen molar-refractivity contribution in [3.8, 4) is 11.8 Å². The Kier molecular flexibility index (Phi) is 7.18. The summed E-state index contributed by atoms with van der Waals surface area (Å²) in [6.07, 6.45) is 3.16. The Morgan fingerprint density at radius 3 is 2.76 bits per heavy atom. The summed E-state index contributed by atoms with van der Waals surface area (Å²) in [4.78, 5) is 0. The summed E-state index contributed by atoms with van der Waals surface area (Å²) in [6, 6.07) is 7.21. The summed E-state index contributed by atoms with van der Waals surface area (Å²) in [6.45, 7) is 7.23. The first kappa shape index (κ1) is 17.5. The molecular weight excluding hydrogens is 267 g/mol. The van der Waals surface area contributed by atoms with Crippen LogP contribution in [0.3, 0.4) is 0 Å².